The van der Waals surface area contributed by atoms with Crippen LogP contribution in [-0.4, -0.2) is 48.1 Å². The number of carbonyl (C=O) groups is 2. The van der Waals surface area contributed by atoms with Gasteiger partial charge in [-0.15, -0.1) is 0 Å². The van der Waals surface area contributed by atoms with Crippen LogP contribution in [0.3, 0.4) is 0 Å². The summed E-state index contributed by atoms with van der Waals surface area (Å²) in [6.45, 7) is 7.63. The normalized spacial score (nSPS) is 29.0. The van der Waals surface area contributed by atoms with Gasteiger partial charge in [-0.25, -0.2) is 0 Å². The molecule has 1 N–H and O–H groups in total. The molecule has 0 aromatic rings. The van der Waals surface area contributed by atoms with Gasteiger partial charge in [-0.2, -0.15) is 0 Å². The second kappa shape index (κ2) is 5.49. The maximum absolute atomic E-state index is 12.6. The van der Waals surface area contributed by atoms with Crippen molar-refractivity contribution < 1.29 is 14.3 Å². The Labute approximate surface area is 114 Å². The first-order valence-electron chi connectivity index (χ1n) is 7.16. The van der Waals surface area contributed by atoms with Crippen LogP contribution in [0.25, 0.3) is 0 Å². The van der Waals surface area contributed by atoms with Gasteiger partial charge in [-0.1, -0.05) is 20.3 Å². The largest absolute Gasteiger partial charge is 0.381 e. The average Bonchev–Trinajstić information content (AvgIpc) is 2.41. The number of carbonyl (C=O) groups excluding carboxylic acids is 2. The summed E-state index contributed by atoms with van der Waals surface area (Å²) >= 11 is 0. The number of hydrogen-bond acceptors (Lipinski definition) is 3. The van der Waals surface area contributed by atoms with Gasteiger partial charge in [0.2, 0.25) is 11.8 Å². The van der Waals surface area contributed by atoms with Gasteiger partial charge in [0.1, 0.15) is 12.6 Å². The van der Waals surface area contributed by atoms with E-state index in [4.69, 9.17) is 4.74 Å². The second-order valence-corrected chi connectivity index (χ2v) is 5.96. The van der Waals surface area contributed by atoms with Crippen LogP contribution in [0.15, 0.2) is 0 Å². The summed E-state index contributed by atoms with van der Waals surface area (Å²) < 4.78 is 5.37. The van der Waals surface area contributed by atoms with Crippen LogP contribution in [0.2, 0.25) is 0 Å². The number of piperazine rings is 1. The Morgan fingerprint density at radius 3 is 2.63 bits per heavy atom. The molecule has 108 valence electrons. The lowest BCUT2D eigenvalue weighted by atomic mass is 9.87. The van der Waals surface area contributed by atoms with Crippen molar-refractivity contribution in [3.05, 3.63) is 0 Å². The highest BCUT2D eigenvalue weighted by atomic mass is 16.5. The number of nitrogens with one attached hydrogen (secondary N) is 1. The molecule has 2 heterocycles. The van der Waals surface area contributed by atoms with Gasteiger partial charge in [0, 0.05) is 18.8 Å². The molecule has 0 aromatic heterocycles. The Bertz CT molecular complexity index is 364. The zero-order chi connectivity index (χ0) is 14.0. The molecule has 5 heteroatoms. The van der Waals surface area contributed by atoms with Crippen LogP contribution in [0, 0.1) is 5.92 Å². The van der Waals surface area contributed by atoms with E-state index >= 15 is 0 Å². The predicted molar refractivity (Wildman–Crippen MR) is 71.6 cm³/mol. The first-order valence-corrected chi connectivity index (χ1v) is 7.16. The zero-order valence-electron chi connectivity index (χ0n) is 12.1. The highest BCUT2D eigenvalue weighted by Crippen LogP contribution is 2.30. The van der Waals surface area contributed by atoms with E-state index in [-0.39, 0.29) is 35.9 Å². The first kappa shape index (κ1) is 14.3. The molecular weight excluding hydrogens is 244 g/mol. The number of hydrogen-bond donors (Lipinski definition) is 1. The van der Waals surface area contributed by atoms with Gasteiger partial charge in [-0.05, 0) is 25.7 Å². The molecule has 0 aromatic carbocycles. The van der Waals surface area contributed by atoms with Crippen molar-refractivity contribution in [3.63, 3.8) is 0 Å². The second-order valence-electron chi connectivity index (χ2n) is 5.96. The Balaban J connectivity index is 2.19. The van der Waals surface area contributed by atoms with E-state index in [9.17, 15) is 9.59 Å². The van der Waals surface area contributed by atoms with E-state index in [1.165, 1.54) is 0 Å². The Hall–Kier alpha value is -1.10. The van der Waals surface area contributed by atoms with Crippen molar-refractivity contribution in [3.8, 4) is 0 Å². The number of nitrogens with zero attached hydrogens (tertiary/aromatic N) is 1. The predicted octanol–water partition coefficient (Wildman–Crippen LogP) is 0.929. The molecule has 0 bridgehead atoms. The van der Waals surface area contributed by atoms with Crippen LogP contribution >= 0.6 is 0 Å². The molecule has 2 amide bonds. The molecular formula is C14H24N2O3. The molecule has 0 radical (unpaired) electrons. The van der Waals surface area contributed by atoms with E-state index in [0.717, 1.165) is 19.3 Å². The van der Waals surface area contributed by atoms with Gasteiger partial charge in [0.05, 0.1) is 0 Å². The highest BCUT2D eigenvalue weighted by Gasteiger charge is 2.44. The molecule has 2 atom stereocenters. The van der Waals surface area contributed by atoms with Gasteiger partial charge < -0.3 is 15.0 Å². The van der Waals surface area contributed by atoms with Crippen LogP contribution in [-0.2, 0) is 14.3 Å². The molecule has 0 spiro atoms. The number of ether oxygens (including phenoxy) is 1. The van der Waals surface area contributed by atoms with Crippen molar-refractivity contribution in [2.75, 3.05) is 19.8 Å². The van der Waals surface area contributed by atoms with Crippen LogP contribution in [0.4, 0.5) is 0 Å². The zero-order valence-corrected chi connectivity index (χ0v) is 12.1. The standard InChI is InChI=1S/C14H24N2O3/c1-4-10(2)12-13(18)16(9-11(17)15-12)14(3)5-7-19-8-6-14/h10,12H,4-9H2,1-3H3,(H,15,17). The fourth-order valence-electron chi connectivity index (χ4n) is 2.83. The summed E-state index contributed by atoms with van der Waals surface area (Å²) in [7, 11) is 0. The summed E-state index contributed by atoms with van der Waals surface area (Å²) in [4.78, 5) is 26.3. The molecule has 0 saturated carbocycles. The third kappa shape index (κ3) is 2.76. The van der Waals surface area contributed by atoms with Gasteiger partial charge >= 0.3 is 0 Å². The van der Waals surface area contributed by atoms with E-state index < -0.39 is 0 Å². The van der Waals surface area contributed by atoms with Crippen LogP contribution < -0.4 is 5.32 Å². The summed E-state index contributed by atoms with van der Waals surface area (Å²) in [6.07, 6.45) is 2.49. The summed E-state index contributed by atoms with van der Waals surface area (Å²) in [6, 6.07) is -0.370. The van der Waals surface area contributed by atoms with Gasteiger partial charge in [0.15, 0.2) is 0 Å². The lowest BCUT2D eigenvalue weighted by molar-refractivity contribution is -0.155. The third-order valence-electron chi connectivity index (χ3n) is 4.58. The SMILES string of the molecule is CCC(C)C1NC(=O)CN(C2(C)CCOCC2)C1=O. The van der Waals surface area contributed by atoms with Crippen LogP contribution in [0.1, 0.15) is 40.0 Å². The fraction of sp³-hybridized carbons (Fsp3) is 0.857. The lowest BCUT2D eigenvalue weighted by Gasteiger charge is -2.47. The lowest BCUT2D eigenvalue weighted by Crippen LogP contribution is -2.66. The van der Waals surface area contributed by atoms with Gasteiger partial charge in [0.25, 0.3) is 0 Å². The molecule has 5 nitrogen and oxygen atoms in total. The topological polar surface area (TPSA) is 58.6 Å². The first-order chi connectivity index (χ1) is 8.98. The minimum atomic E-state index is -0.370. The van der Waals surface area contributed by atoms with E-state index in [0.29, 0.717) is 13.2 Å². The quantitative estimate of drug-likeness (QED) is 0.828. The smallest absolute Gasteiger partial charge is 0.246 e. The average molecular weight is 268 g/mol. The fourth-order valence-corrected chi connectivity index (χ4v) is 2.83. The number of rotatable bonds is 3. The molecule has 2 unspecified atom stereocenters. The minimum absolute atomic E-state index is 0.0439. The Kier molecular flexibility index (Phi) is 4.13. The van der Waals surface area contributed by atoms with E-state index in [1.54, 1.807) is 4.90 Å². The van der Waals surface area contributed by atoms with Crippen molar-refractivity contribution in [1.29, 1.82) is 0 Å². The Morgan fingerprint density at radius 1 is 1.42 bits per heavy atom. The Morgan fingerprint density at radius 2 is 2.05 bits per heavy atom. The monoisotopic (exact) mass is 268 g/mol. The van der Waals surface area contributed by atoms with Gasteiger partial charge in [-0.3, -0.25) is 9.59 Å². The molecule has 2 rings (SSSR count). The molecule has 2 fully saturated rings. The summed E-state index contributed by atoms with van der Waals surface area (Å²) in [5.74, 6) is 0.193. The van der Waals surface area contributed by atoms with Crippen molar-refractivity contribution >= 4 is 11.8 Å². The van der Waals surface area contributed by atoms with E-state index in [1.807, 2.05) is 13.8 Å². The summed E-state index contributed by atoms with van der Waals surface area (Å²) in [5, 5.41) is 2.84. The molecule has 2 aliphatic rings. The van der Waals surface area contributed by atoms with Crippen molar-refractivity contribution in [2.45, 2.75) is 51.6 Å². The van der Waals surface area contributed by atoms with Crippen molar-refractivity contribution in [2.24, 2.45) is 5.92 Å². The van der Waals surface area contributed by atoms with Crippen LogP contribution in [0.5, 0.6) is 0 Å². The molecule has 19 heavy (non-hydrogen) atoms. The molecule has 2 saturated heterocycles. The maximum Gasteiger partial charge on any atom is 0.246 e. The number of amides is 2. The minimum Gasteiger partial charge on any atom is -0.381 e. The summed E-state index contributed by atoms with van der Waals surface area (Å²) in [5.41, 5.74) is -0.237. The third-order valence-corrected chi connectivity index (χ3v) is 4.58. The maximum atomic E-state index is 12.6. The highest BCUT2D eigenvalue weighted by molar-refractivity contribution is 5.95. The van der Waals surface area contributed by atoms with E-state index in [2.05, 4.69) is 12.2 Å². The molecule has 0 aliphatic carbocycles. The molecule has 2 aliphatic heterocycles. The van der Waals surface area contributed by atoms with Crippen molar-refractivity contribution in [1.82, 2.24) is 10.2 Å².